The van der Waals surface area contributed by atoms with Gasteiger partial charge in [-0.1, -0.05) is 27.6 Å². The summed E-state index contributed by atoms with van der Waals surface area (Å²) in [6.07, 6.45) is 2.12. The fraction of sp³-hybridized carbons (Fsp3) is 0.273. The lowest BCUT2D eigenvalue weighted by Gasteiger charge is -2.15. The van der Waals surface area contributed by atoms with E-state index in [-0.39, 0.29) is 6.04 Å². The Morgan fingerprint density at radius 3 is 2.73 bits per heavy atom. The molecule has 0 aliphatic carbocycles. The molecule has 4 heteroatoms. The van der Waals surface area contributed by atoms with E-state index < -0.39 is 0 Å². The summed E-state index contributed by atoms with van der Waals surface area (Å²) in [5.41, 5.74) is 5.25. The van der Waals surface area contributed by atoms with E-state index in [0.29, 0.717) is 0 Å². The number of rotatable bonds is 3. The maximum Gasteiger partial charge on any atom is 0.0653 e. The van der Waals surface area contributed by atoms with Crippen LogP contribution in [0.15, 0.2) is 34.3 Å². The molecule has 15 heavy (non-hydrogen) atoms. The fourth-order valence-electron chi connectivity index (χ4n) is 1.31. The highest BCUT2D eigenvalue weighted by Crippen LogP contribution is 2.25. The first-order chi connectivity index (χ1) is 7.04. The number of nitrogens with two attached hydrogens (primary N) is 1. The van der Waals surface area contributed by atoms with Gasteiger partial charge in [0, 0.05) is 8.04 Å². The number of nitrogens with one attached hydrogen (secondary N) is 1. The Labute approximate surface area is 113 Å². The summed E-state index contributed by atoms with van der Waals surface area (Å²) in [6, 6.07) is 6.26. The number of hydrogen-bond acceptors (Lipinski definition) is 2. The van der Waals surface area contributed by atoms with Crippen LogP contribution in [0.1, 0.15) is 25.5 Å². The summed E-state index contributed by atoms with van der Waals surface area (Å²) >= 11 is 5.78. The van der Waals surface area contributed by atoms with Crippen molar-refractivity contribution in [1.29, 1.82) is 0 Å². The molecule has 0 fully saturated rings. The zero-order valence-electron chi connectivity index (χ0n) is 8.72. The van der Waals surface area contributed by atoms with Crippen LogP contribution in [-0.2, 0) is 0 Å². The third-order valence-corrected chi connectivity index (χ3v) is 3.45. The first kappa shape index (κ1) is 13.2. The molecule has 1 rings (SSSR count). The van der Waals surface area contributed by atoms with Crippen molar-refractivity contribution in [2.75, 3.05) is 0 Å². The first-order valence-corrected chi connectivity index (χ1v) is 6.48. The topological polar surface area (TPSA) is 38.0 Å². The molecule has 0 amide bonds. The number of hydrogen-bond donors (Lipinski definition) is 2. The highest BCUT2D eigenvalue weighted by atomic mass is 127. The monoisotopic (exact) mass is 380 g/mol. The molecule has 0 aromatic heterocycles. The largest absolute Gasteiger partial charge is 0.271 e. The van der Waals surface area contributed by atoms with Crippen LogP contribution in [0.3, 0.4) is 0 Å². The summed E-state index contributed by atoms with van der Waals surface area (Å²) in [7, 11) is 0. The van der Waals surface area contributed by atoms with Gasteiger partial charge in [-0.3, -0.25) is 5.84 Å². The lowest BCUT2D eigenvalue weighted by atomic mass is 10.1. The van der Waals surface area contributed by atoms with Gasteiger partial charge >= 0.3 is 0 Å². The standard InChI is InChI=1S/C11H14BrIN2/c1-7(2)5-11(15-14)9-6-8(12)3-4-10(9)13/h3-6,11,15H,14H2,1-2H3. The Morgan fingerprint density at radius 2 is 2.20 bits per heavy atom. The molecule has 1 unspecified atom stereocenters. The van der Waals surface area contributed by atoms with Gasteiger partial charge in [-0.15, -0.1) is 0 Å². The molecule has 1 atom stereocenters. The first-order valence-electron chi connectivity index (χ1n) is 4.60. The molecule has 82 valence electrons. The normalized spacial score (nSPS) is 12.3. The highest BCUT2D eigenvalue weighted by Gasteiger charge is 2.10. The zero-order chi connectivity index (χ0) is 11.4. The molecule has 0 saturated heterocycles. The molecule has 0 radical (unpaired) electrons. The summed E-state index contributed by atoms with van der Waals surface area (Å²) < 4.78 is 2.27. The van der Waals surface area contributed by atoms with Crippen molar-refractivity contribution in [3.63, 3.8) is 0 Å². The Morgan fingerprint density at radius 1 is 1.53 bits per heavy atom. The van der Waals surface area contributed by atoms with Gasteiger partial charge in [-0.05, 0) is 60.2 Å². The number of benzene rings is 1. The third kappa shape index (κ3) is 3.86. The third-order valence-electron chi connectivity index (χ3n) is 1.97. The van der Waals surface area contributed by atoms with Crippen LogP contribution in [0.5, 0.6) is 0 Å². The highest BCUT2D eigenvalue weighted by molar-refractivity contribution is 14.1. The van der Waals surface area contributed by atoms with E-state index in [0.717, 1.165) is 4.47 Å². The number of allylic oxidation sites excluding steroid dienone is 1. The van der Waals surface area contributed by atoms with E-state index in [2.05, 4.69) is 76.0 Å². The maximum absolute atomic E-state index is 5.56. The average Bonchev–Trinajstić information content (AvgIpc) is 2.18. The minimum atomic E-state index is 0.0689. The lowest BCUT2D eigenvalue weighted by molar-refractivity contribution is 0.649. The Hall–Kier alpha value is 0.0900. The molecule has 0 saturated carbocycles. The van der Waals surface area contributed by atoms with Gasteiger partial charge in [0.25, 0.3) is 0 Å². The van der Waals surface area contributed by atoms with Gasteiger partial charge in [-0.2, -0.15) is 0 Å². The van der Waals surface area contributed by atoms with E-state index >= 15 is 0 Å². The molecule has 0 bridgehead atoms. The van der Waals surface area contributed by atoms with Crippen LogP contribution in [0.2, 0.25) is 0 Å². The van der Waals surface area contributed by atoms with Gasteiger partial charge in [0.1, 0.15) is 0 Å². The molecule has 0 heterocycles. The number of hydrazine groups is 1. The lowest BCUT2D eigenvalue weighted by Crippen LogP contribution is -2.27. The smallest absolute Gasteiger partial charge is 0.0653 e. The molecule has 3 N–H and O–H groups in total. The predicted molar refractivity (Wildman–Crippen MR) is 76.4 cm³/mol. The molecule has 0 aliphatic rings. The molecule has 0 spiro atoms. The van der Waals surface area contributed by atoms with E-state index in [4.69, 9.17) is 5.84 Å². The quantitative estimate of drug-likeness (QED) is 0.364. The van der Waals surface area contributed by atoms with E-state index in [1.54, 1.807) is 0 Å². The Balaban J connectivity index is 3.11. The molecule has 2 nitrogen and oxygen atoms in total. The SMILES string of the molecule is CC(C)=CC(NN)c1cc(Br)ccc1I. The van der Waals surface area contributed by atoms with Crippen molar-refractivity contribution < 1.29 is 0 Å². The van der Waals surface area contributed by atoms with Gasteiger partial charge in [0.2, 0.25) is 0 Å². The molecular weight excluding hydrogens is 367 g/mol. The Kier molecular flexibility index (Phi) is 5.25. The van der Waals surface area contributed by atoms with E-state index in [1.807, 2.05) is 6.07 Å². The minimum Gasteiger partial charge on any atom is -0.271 e. The predicted octanol–water partition coefficient (Wildman–Crippen LogP) is 3.52. The summed E-state index contributed by atoms with van der Waals surface area (Å²) in [4.78, 5) is 0. The van der Waals surface area contributed by atoms with Gasteiger partial charge in [0.15, 0.2) is 0 Å². The van der Waals surface area contributed by atoms with Gasteiger partial charge in [-0.25, -0.2) is 5.43 Å². The van der Waals surface area contributed by atoms with Crippen molar-refractivity contribution in [2.45, 2.75) is 19.9 Å². The zero-order valence-corrected chi connectivity index (χ0v) is 12.5. The van der Waals surface area contributed by atoms with Gasteiger partial charge < -0.3 is 0 Å². The van der Waals surface area contributed by atoms with Crippen molar-refractivity contribution in [3.8, 4) is 0 Å². The molecule has 1 aromatic carbocycles. The van der Waals surface area contributed by atoms with Crippen LogP contribution < -0.4 is 11.3 Å². The second kappa shape index (κ2) is 5.98. The van der Waals surface area contributed by atoms with Crippen LogP contribution >= 0.6 is 38.5 Å². The van der Waals surface area contributed by atoms with Crippen molar-refractivity contribution >= 4 is 38.5 Å². The summed E-state index contributed by atoms with van der Waals surface area (Å²) in [5.74, 6) is 5.56. The van der Waals surface area contributed by atoms with Crippen molar-refractivity contribution in [3.05, 3.63) is 43.5 Å². The minimum absolute atomic E-state index is 0.0689. The molecular formula is C11H14BrIN2. The fourth-order valence-corrected chi connectivity index (χ4v) is 2.36. The van der Waals surface area contributed by atoms with Crippen LogP contribution in [0, 0.1) is 3.57 Å². The molecule has 1 aromatic rings. The Bertz CT molecular complexity index is 373. The summed E-state index contributed by atoms with van der Waals surface area (Å²) in [6.45, 7) is 4.13. The number of halogens is 2. The second-order valence-corrected chi connectivity index (χ2v) is 5.63. The van der Waals surface area contributed by atoms with E-state index in [1.165, 1.54) is 14.7 Å². The van der Waals surface area contributed by atoms with Crippen molar-refractivity contribution in [2.24, 2.45) is 5.84 Å². The van der Waals surface area contributed by atoms with Crippen LogP contribution in [-0.4, -0.2) is 0 Å². The van der Waals surface area contributed by atoms with Crippen LogP contribution in [0.4, 0.5) is 0 Å². The van der Waals surface area contributed by atoms with Crippen LogP contribution in [0.25, 0.3) is 0 Å². The second-order valence-electron chi connectivity index (χ2n) is 3.55. The average molecular weight is 381 g/mol. The summed E-state index contributed by atoms with van der Waals surface area (Å²) in [5, 5.41) is 0. The van der Waals surface area contributed by atoms with Crippen molar-refractivity contribution in [1.82, 2.24) is 5.43 Å². The maximum atomic E-state index is 5.56. The van der Waals surface area contributed by atoms with Gasteiger partial charge in [0.05, 0.1) is 6.04 Å². The molecule has 0 aliphatic heterocycles. The van der Waals surface area contributed by atoms with E-state index in [9.17, 15) is 0 Å².